The molecule has 21 heavy (non-hydrogen) atoms. The normalized spacial score (nSPS) is 12.7. The van der Waals surface area contributed by atoms with E-state index in [0.717, 1.165) is 15.7 Å². The van der Waals surface area contributed by atoms with Gasteiger partial charge < -0.3 is 14.7 Å². The Balaban J connectivity index is 2.36. The number of benzene rings is 1. The van der Waals surface area contributed by atoms with E-state index in [0.29, 0.717) is 18.0 Å². The average molecular weight is 401 g/mol. The van der Waals surface area contributed by atoms with Crippen LogP contribution in [0.25, 0.3) is 0 Å². The highest BCUT2D eigenvalue weighted by Gasteiger charge is 2.23. The van der Waals surface area contributed by atoms with E-state index in [2.05, 4.69) is 32.6 Å². The SMILES string of the molecule is COc1cnn(CCN(C)C)c1C(O)c1ccccc1I. The topological polar surface area (TPSA) is 50.5 Å². The van der Waals surface area contributed by atoms with Crippen molar-refractivity contribution in [2.45, 2.75) is 12.6 Å². The molecule has 0 aliphatic carbocycles. The maximum absolute atomic E-state index is 10.8. The highest BCUT2D eigenvalue weighted by Crippen LogP contribution is 2.32. The summed E-state index contributed by atoms with van der Waals surface area (Å²) in [6, 6.07) is 7.79. The van der Waals surface area contributed by atoms with E-state index < -0.39 is 6.10 Å². The van der Waals surface area contributed by atoms with E-state index in [4.69, 9.17) is 4.74 Å². The molecular formula is C15H20IN3O2. The van der Waals surface area contributed by atoms with Crippen molar-refractivity contribution in [3.63, 3.8) is 0 Å². The number of hydrogen-bond acceptors (Lipinski definition) is 4. The van der Waals surface area contributed by atoms with Gasteiger partial charge in [-0.15, -0.1) is 0 Å². The van der Waals surface area contributed by atoms with Crippen LogP contribution >= 0.6 is 22.6 Å². The van der Waals surface area contributed by atoms with Gasteiger partial charge in [0.15, 0.2) is 5.75 Å². The molecule has 0 amide bonds. The van der Waals surface area contributed by atoms with E-state index in [1.165, 1.54) is 0 Å². The van der Waals surface area contributed by atoms with E-state index in [9.17, 15) is 5.11 Å². The Kier molecular flexibility index (Phi) is 5.60. The van der Waals surface area contributed by atoms with E-state index in [1.54, 1.807) is 13.3 Å². The van der Waals surface area contributed by atoms with Gasteiger partial charge in [0.2, 0.25) is 0 Å². The van der Waals surface area contributed by atoms with Crippen LogP contribution in [0, 0.1) is 3.57 Å². The number of likely N-dealkylation sites (N-methyl/N-ethyl adjacent to an activating group) is 1. The monoisotopic (exact) mass is 401 g/mol. The first-order valence-corrected chi connectivity index (χ1v) is 7.79. The summed E-state index contributed by atoms with van der Waals surface area (Å²) in [5.74, 6) is 0.612. The number of aliphatic hydroxyl groups is 1. The van der Waals surface area contributed by atoms with Gasteiger partial charge in [0, 0.05) is 10.1 Å². The number of ether oxygens (including phenoxy) is 1. The summed E-state index contributed by atoms with van der Waals surface area (Å²) in [5, 5.41) is 15.1. The number of aromatic nitrogens is 2. The van der Waals surface area contributed by atoms with E-state index in [1.807, 2.05) is 43.0 Å². The molecule has 1 heterocycles. The van der Waals surface area contributed by atoms with Crippen LogP contribution in [0.5, 0.6) is 5.75 Å². The lowest BCUT2D eigenvalue weighted by Gasteiger charge is -2.18. The molecule has 0 aliphatic heterocycles. The van der Waals surface area contributed by atoms with E-state index in [-0.39, 0.29) is 0 Å². The maximum Gasteiger partial charge on any atom is 0.163 e. The number of hydrogen-bond donors (Lipinski definition) is 1. The van der Waals surface area contributed by atoms with Crippen LogP contribution in [-0.2, 0) is 6.54 Å². The zero-order valence-corrected chi connectivity index (χ0v) is 14.6. The number of halogens is 1. The van der Waals surface area contributed by atoms with Gasteiger partial charge in [-0.3, -0.25) is 4.68 Å². The van der Waals surface area contributed by atoms with Gasteiger partial charge in [-0.1, -0.05) is 18.2 Å². The highest BCUT2D eigenvalue weighted by atomic mass is 127. The van der Waals surface area contributed by atoms with Crippen molar-refractivity contribution >= 4 is 22.6 Å². The van der Waals surface area contributed by atoms with Crippen LogP contribution in [0.3, 0.4) is 0 Å². The smallest absolute Gasteiger partial charge is 0.163 e. The Morgan fingerprint density at radius 2 is 2.10 bits per heavy atom. The first kappa shape index (κ1) is 16.3. The van der Waals surface area contributed by atoms with Crippen LogP contribution in [0.15, 0.2) is 30.5 Å². The van der Waals surface area contributed by atoms with Gasteiger partial charge in [-0.25, -0.2) is 0 Å². The first-order chi connectivity index (χ1) is 10.0. The number of rotatable bonds is 6. The summed E-state index contributed by atoms with van der Waals surface area (Å²) >= 11 is 2.23. The maximum atomic E-state index is 10.8. The second-order valence-electron chi connectivity index (χ2n) is 5.05. The summed E-state index contributed by atoms with van der Waals surface area (Å²) in [6.07, 6.45) is 0.905. The molecule has 0 saturated heterocycles. The molecule has 1 unspecified atom stereocenters. The molecule has 0 fully saturated rings. The molecule has 6 heteroatoms. The minimum Gasteiger partial charge on any atom is -0.493 e. The van der Waals surface area contributed by atoms with Crippen LogP contribution in [0.1, 0.15) is 17.4 Å². The zero-order chi connectivity index (χ0) is 15.4. The molecule has 0 aliphatic rings. The van der Waals surface area contributed by atoms with Crippen LogP contribution in [-0.4, -0.2) is 47.5 Å². The summed E-state index contributed by atoms with van der Waals surface area (Å²) in [5.41, 5.74) is 1.56. The van der Waals surface area contributed by atoms with Gasteiger partial charge in [-0.2, -0.15) is 5.10 Å². The Labute approximate surface area is 138 Å². The van der Waals surface area contributed by atoms with Crippen molar-refractivity contribution in [1.82, 2.24) is 14.7 Å². The van der Waals surface area contributed by atoms with Crippen LogP contribution in [0.2, 0.25) is 0 Å². The van der Waals surface area contributed by atoms with Gasteiger partial charge in [0.25, 0.3) is 0 Å². The quantitative estimate of drug-likeness (QED) is 0.754. The van der Waals surface area contributed by atoms with Crippen molar-refractivity contribution < 1.29 is 9.84 Å². The van der Waals surface area contributed by atoms with Crippen molar-refractivity contribution in [2.24, 2.45) is 0 Å². The third kappa shape index (κ3) is 3.75. The minimum atomic E-state index is -0.752. The zero-order valence-electron chi connectivity index (χ0n) is 12.5. The van der Waals surface area contributed by atoms with Crippen LogP contribution < -0.4 is 4.74 Å². The molecule has 1 aromatic heterocycles. The molecule has 114 valence electrons. The van der Waals surface area contributed by atoms with Gasteiger partial charge >= 0.3 is 0 Å². The molecule has 1 N–H and O–H groups in total. The van der Waals surface area contributed by atoms with Crippen molar-refractivity contribution in [1.29, 1.82) is 0 Å². The largest absolute Gasteiger partial charge is 0.493 e. The van der Waals surface area contributed by atoms with Gasteiger partial charge in [0.05, 0.1) is 19.9 Å². The summed E-state index contributed by atoms with van der Waals surface area (Å²) in [7, 11) is 5.62. The van der Waals surface area contributed by atoms with E-state index >= 15 is 0 Å². The molecule has 0 spiro atoms. The Morgan fingerprint density at radius 3 is 2.71 bits per heavy atom. The Bertz CT molecular complexity index is 598. The lowest BCUT2D eigenvalue weighted by atomic mass is 10.1. The molecule has 0 saturated carbocycles. The number of nitrogens with zero attached hydrogens (tertiary/aromatic N) is 3. The average Bonchev–Trinajstić information content (AvgIpc) is 2.87. The number of aliphatic hydroxyl groups excluding tert-OH is 1. The predicted molar refractivity (Wildman–Crippen MR) is 90.6 cm³/mol. The summed E-state index contributed by atoms with van der Waals surface area (Å²) in [4.78, 5) is 2.08. The second-order valence-corrected chi connectivity index (χ2v) is 6.21. The third-order valence-electron chi connectivity index (χ3n) is 3.28. The molecule has 0 radical (unpaired) electrons. The van der Waals surface area contributed by atoms with Crippen molar-refractivity contribution in [3.8, 4) is 5.75 Å². The molecule has 2 rings (SSSR count). The Morgan fingerprint density at radius 1 is 1.38 bits per heavy atom. The lowest BCUT2D eigenvalue weighted by molar-refractivity contribution is 0.199. The van der Waals surface area contributed by atoms with Gasteiger partial charge in [0.1, 0.15) is 11.8 Å². The number of methoxy groups -OCH3 is 1. The van der Waals surface area contributed by atoms with Crippen molar-refractivity contribution in [3.05, 3.63) is 45.3 Å². The summed E-state index contributed by atoms with van der Waals surface area (Å²) < 4.78 is 8.19. The highest BCUT2D eigenvalue weighted by molar-refractivity contribution is 14.1. The standard InChI is InChI=1S/C15H20IN3O2/c1-18(2)8-9-19-14(13(21-3)10-17-19)15(20)11-6-4-5-7-12(11)16/h4-7,10,15,20H,8-9H2,1-3H3. The molecule has 1 atom stereocenters. The second kappa shape index (κ2) is 7.24. The Hall–Kier alpha value is -1.12. The molecule has 2 aromatic rings. The van der Waals surface area contributed by atoms with Gasteiger partial charge in [-0.05, 0) is 48.3 Å². The first-order valence-electron chi connectivity index (χ1n) is 6.71. The predicted octanol–water partition coefficient (Wildman–Crippen LogP) is 2.14. The molecule has 5 nitrogen and oxygen atoms in total. The fraction of sp³-hybridized carbons (Fsp3) is 0.400. The van der Waals surface area contributed by atoms with Crippen LogP contribution in [0.4, 0.5) is 0 Å². The minimum absolute atomic E-state index is 0.612. The lowest BCUT2D eigenvalue weighted by Crippen LogP contribution is -2.21. The fourth-order valence-electron chi connectivity index (χ4n) is 2.13. The van der Waals surface area contributed by atoms with Crippen molar-refractivity contribution in [2.75, 3.05) is 27.7 Å². The summed E-state index contributed by atoms with van der Waals surface area (Å²) in [6.45, 7) is 1.54. The fourth-order valence-corrected chi connectivity index (χ4v) is 2.81. The molecule has 1 aromatic carbocycles. The molecular weight excluding hydrogens is 381 g/mol. The third-order valence-corrected chi connectivity index (χ3v) is 4.27. The molecule has 0 bridgehead atoms.